The van der Waals surface area contributed by atoms with Crippen LogP contribution in [-0.4, -0.2) is 42.2 Å². The fourth-order valence-electron chi connectivity index (χ4n) is 4.96. The summed E-state index contributed by atoms with van der Waals surface area (Å²) < 4.78 is 5.61. The number of nitrogens with zero attached hydrogens (tertiary/aromatic N) is 1. The summed E-state index contributed by atoms with van der Waals surface area (Å²) in [5.74, 6) is 0.479. The third-order valence-corrected chi connectivity index (χ3v) is 8.62. The van der Waals surface area contributed by atoms with Crippen molar-refractivity contribution in [2.24, 2.45) is 0 Å². The summed E-state index contributed by atoms with van der Waals surface area (Å²) in [5, 5.41) is 3.78. The monoisotopic (exact) mass is 520 g/mol. The van der Waals surface area contributed by atoms with Crippen LogP contribution in [0.2, 0.25) is 5.02 Å². The van der Waals surface area contributed by atoms with E-state index in [1.165, 1.54) is 5.56 Å². The average Bonchev–Trinajstić information content (AvgIpc) is 3.29. The molecule has 2 saturated heterocycles. The number of carbonyl (C=O) groups excluding carboxylic acids is 2. The third kappa shape index (κ3) is 5.46. The molecule has 2 fully saturated rings. The van der Waals surface area contributed by atoms with Crippen molar-refractivity contribution in [1.29, 1.82) is 0 Å². The van der Waals surface area contributed by atoms with Crippen molar-refractivity contribution in [3.8, 4) is 0 Å². The van der Waals surface area contributed by atoms with Crippen LogP contribution in [0.25, 0.3) is 0 Å². The molecule has 1 atom stereocenters. The normalized spacial score (nSPS) is 19.3. The Bertz CT molecular complexity index is 1200. The molecule has 0 aliphatic carbocycles. The van der Waals surface area contributed by atoms with E-state index in [-0.39, 0.29) is 22.6 Å². The van der Waals surface area contributed by atoms with Gasteiger partial charge in [-0.1, -0.05) is 66.2 Å². The van der Waals surface area contributed by atoms with Crippen LogP contribution in [0.4, 0.5) is 0 Å². The Labute approximate surface area is 221 Å². The van der Waals surface area contributed by atoms with Crippen molar-refractivity contribution >= 4 is 35.2 Å². The Hall–Kier alpha value is -2.80. The first-order chi connectivity index (χ1) is 17.5. The molecule has 186 valence electrons. The Morgan fingerprint density at radius 3 is 2.39 bits per heavy atom. The molecule has 5 rings (SSSR count). The molecule has 3 aromatic rings. The molecular weight excluding hydrogens is 492 g/mol. The SMILES string of the molecule is O=C(NCC1(c2ccccc2)CCOCC1)c1ccc([C@H]2SCC(=O)N2Cc2ccc(Cl)cc2)cc1. The molecule has 3 aromatic carbocycles. The number of benzene rings is 3. The minimum absolute atomic E-state index is 0.0751. The van der Waals surface area contributed by atoms with Gasteiger partial charge in [0.15, 0.2) is 0 Å². The van der Waals surface area contributed by atoms with Gasteiger partial charge in [-0.2, -0.15) is 0 Å². The minimum Gasteiger partial charge on any atom is -0.381 e. The maximum Gasteiger partial charge on any atom is 0.251 e. The van der Waals surface area contributed by atoms with Crippen LogP contribution >= 0.6 is 23.4 Å². The summed E-state index contributed by atoms with van der Waals surface area (Å²) >= 11 is 7.62. The van der Waals surface area contributed by atoms with Gasteiger partial charge < -0.3 is 15.0 Å². The van der Waals surface area contributed by atoms with Gasteiger partial charge in [0.25, 0.3) is 5.91 Å². The van der Waals surface area contributed by atoms with Crippen LogP contribution in [0.15, 0.2) is 78.9 Å². The van der Waals surface area contributed by atoms with Crippen molar-refractivity contribution in [2.45, 2.75) is 30.2 Å². The smallest absolute Gasteiger partial charge is 0.251 e. The molecular formula is C29H29ClN2O3S. The van der Waals surface area contributed by atoms with Gasteiger partial charge in [-0.3, -0.25) is 9.59 Å². The van der Waals surface area contributed by atoms with Crippen molar-refractivity contribution in [3.05, 3.63) is 106 Å². The summed E-state index contributed by atoms with van der Waals surface area (Å²) in [5.41, 5.74) is 3.80. The highest BCUT2D eigenvalue weighted by Gasteiger charge is 2.35. The van der Waals surface area contributed by atoms with Crippen LogP contribution in [-0.2, 0) is 21.5 Å². The van der Waals surface area contributed by atoms with Crippen molar-refractivity contribution < 1.29 is 14.3 Å². The van der Waals surface area contributed by atoms with Gasteiger partial charge in [0.2, 0.25) is 5.91 Å². The van der Waals surface area contributed by atoms with Gasteiger partial charge >= 0.3 is 0 Å². The van der Waals surface area contributed by atoms with E-state index in [1.54, 1.807) is 11.8 Å². The molecule has 0 bridgehead atoms. The molecule has 0 saturated carbocycles. The lowest BCUT2D eigenvalue weighted by Gasteiger charge is -2.38. The van der Waals surface area contributed by atoms with E-state index in [0.29, 0.717) is 42.6 Å². The number of thioether (sulfide) groups is 1. The highest BCUT2D eigenvalue weighted by atomic mass is 35.5. The lowest BCUT2D eigenvalue weighted by Crippen LogP contribution is -2.44. The summed E-state index contributed by atoms with van der Waals surface area (Å²) in [7, 11) is 0. The van der Waals surface area contributed by atoms with E-state index in [0.717, 1.165) is 24.0 Å². The lowest BCUT2D eigenvalue weighted by atomic mass is 9.74. The standard InChI is InChI=1S/C29H29ClN2O3S/c30-25-12-6-21(7-13-25)18-32-26(33)19-36-28(32)23-10-8-22(9-11-23)27(34)31-20-29(14-16-35-17-15-29)24-4-2-1-3-5-24/h1-13,28H,14-20H2,(H,31,34)/t28-/m1/s1. The van der Waals surface area contributed by atoms with Crippen molar-refractivity contribution in [2.75, 3.05) is 25.5 Å². The second-order valence-electron chi connectivity index (χ2n) is 9.37. The van der Waals surface area contributed by atoms with Crippen molar-refractivity contribution in [1.82, 2.24) is 10.2 Å². The van der Waals surface area contributed by atoms with E-state index >= 15 is 0 Å². The summed E-state index contributed by atoms with van der Waals surface area (Å²) in [6.07, 6.45) is 1.76. The van der Waals surface area contributed by atoms with E-state index in [9.17, 15) is 9.59 Å². The summed E-state index contributed by atoms with van der Waals surface area (Å²) in [4.78, 5) is 27.5. The molecule has 0 radical (unpaired) electrons. The van der Waals surface area contributed by atoms with Crippen LogP contribution in [0.1, 0.15) is 45.3 Å². The highest BCUT2D eigenvalue weighted by molar-refractivity contribution is 8.00. The molecule has 0 spiro atoms. The quantitative estimate of drug-likeness (QED) is 0.441. The zero-order chi connectivity index (χ0) is 25.0. The second-order valence-corrected chi connectivity index (χ2v) is 10.9. The second kappa shape index (κ2) is 11.1. The van der Waals surface area contributed by atoms with E-state index in [1.807, 2.05) is 59.5 Å². The molecule has 36 heavy (non-hydrogen) atoms. The number of carbonyl (C=O) groups is 2. The Balaban J connectivity index is 1.26. The lowest BCUT2D eigenvalue weighted by molar-refractivity contribution is -0.128. The molecule has 7 heteroatoms. The first kappa shape index (κ1) is 24.9. The van der Waals surface area contributed by atoms with Gasteiger partial charge in [-0.05, 0) is 53.8 Å². The van der Waals surface area contributed by atoms with E-state index in [2.05, 4.69) is 29.6 Å². The number of ether oxygens (including phenoxy) is 1. The fourth-order valence-corrected chi connectivity index (χ4v) is 6.27. The highest BCUT2D eigenvalue weighted by Crippen LogP contribution is 2.40. The Morgan fingerprint density at radius 1 is 1.00 bits per heavy atom. The topological polar surface area (TPSA) is 58.6 Å². The number of hydrogen-bond donors (Lipinski definition) is 1. The number of amides is 2. The number of halogens is 1. The molecule has 1 N–H and O–H groups in total. The maximum atomic E-state index is 13.1. The van der Waals surface area contributed by atoms with E-state index in [4.69, 9.17) is 16.3 Å². The van der Waals surface area contributed by atoms with Gasteiger partial charge in [0.1, 0.15) is 5.37 Å². The van der Waals surface area contributed by atoms with Crippen LogP contribution in [0.3, 0.4) is 0 Å². The zero-order valence-corrected chi connectivity index (χ0v) is 21.6. The Morgan fingerprint density at radius 2 is 1.69 bits per heavy atom. The average molecular weight is 521 g/mol. The summed E-state index contributed by atoms with van der Waals surface area (Å²) in [6, 6.07) is 25.6. The van der Waals surface area contributed by atoms with E-state index < -0.39 is 0 Å². The third-order valence-electron chi connectivity index (χ3n) is 7.12. The van der Waals surface area contributed by atoms with Gasteiger partial charge in [0.05, 0.1) is 5.75 Å². The molecule has 5 nitrogen and oxygen atoms in total. The summed E-state index contributed by atoms with van der Waals surface area (Å²) in [6.45, 7) is 2.50. The maximum absolute atomic E-state index is 13.1. The van der Waals surface area contributed by atoms with Crippen LogP contribution < -0.4 is 5.32 Å². The predicted molar refractivity (Wildman–Crippen MR) is 144 cm³/mol. The van der Waals surface area contributed by atoms with Gasteiger partial charge in [-0.15, -0.1) is 11.8 Å². The first-order valence-corrected chi connectivity index (χ1v) is 13.6. The van der Waals surface area contributed by atoms with Gasteiger partial charge in [0, 0.05) is 42.3 Å². The largest absolute Gasteiger partial charge is 0.381 e. The van der Waals surface area contributed by atoms with Crippen molar-refractivity contribution in [3.63, 3.8) is 0 Å². The number of rotatable bonds is 7. The zero-order valence-electron chi connectivity index (χ0n) is 20.0. The first-order valence-electron chi connectivity index (χ1n) is 12.2. The number of hydrogen-bond acceptors (Lipinski definition) is 4. The number of nitrogens with one attached hydrogen (secondary N) is 1. The Kier molecular flexibility index (Phi) is 7.65. The minimum atomic E-state index is -0.113. The molecule has 0 aromatic heterocycles. The van der Waals surface area contributed by atoms with Crippen LogP contribution in [0, 0.1) is 0 Å². The fraction of sp³-hybridized carbons (Fsp3) is 0.310. The molecule has 2 aliphatic heterocycles. The molecule has 2 aliphatic rings. The molecule has 2 heterocycles. The van der Waals surface area contributed by atoms with Crippen LogP contribution in [0.5, 0.6) is 0 Å². The van der Waals surface area contributed by atoms with Gasteiger partial charge in [-0.25, -0.2) is 0 Å². The predicted octanol–water partition coefficient (Wildman–Crippen LogP) is 5.59. The molecule has 2 amide bonds. The molecule has 0 unspecified atom stereocenters.